The van der Waals surface area contributed by atoms with Crippen molar-refractivity contribution in [1.82, 2.24) is 0 Å². The Morgan fingerprint density at radius 3 is 2.75 bits per heavy atom. The number of nitrogens with one attached hydrogen (secondary N) is 1. The van der Waals surface area contributed by atoms with Crippen molar-refractivity contribution in [2.45, 2.75) is 18.9 Å². The van der Waals surface area contributed by atoms with Gasteiger partial charge in [0.25, 0.3) is 0 Å². The van der Waals surface area contributed by atoms with Crippen molar-refractivity contribution in [1.29, 1.82) is 0 Å². The summed E-state index contributed by atoms with van der Waals surface area (Å²) in [7, 11) is 0. The van der Waals surface area contributed by atoms with E-state index in [1.807, 2.05) is 18.2 Å². The maximum Gasteiger partial charge on any atom is 0.224 e. The molecule has 1 unspecified atom stereocenters. The largest absolute Gasteiger partial charge is 0.326 e. The molecule has 6 heteroatoms. The molecule has 2 aromatic rings. The summed E-state index contributed by atoms with van der Waals surface area (Å²) in [6, 6.07) is 7.33. The number of thiophene rings is 1. The zero-order chi connectivity index (χ0) is 14.3. The van der Waals surface area contributed by atoms with Gasteiger partial charge < -0.3 is 11.1 Å². The number of fused-ring (bicyclic) bond motifs is 1. The third-order valence-electron chi connectivity index (χ3n) is 3.40. The van der Waals surface area contributed by atoms with Gasteiger partial charge >= 0.3 is 0 Å². The molecule has 1 aliphatic rings. The van der Waals surface area contributed by atoms with Gasteiger partial charge in [0.2, 0.25) is 5.91 Å². The van der Waals surface area contributed by atoms with E-state index in [1.54, 1.807) is 6.07 Å². The highest BCUT2D eigenvalue weighted by molar-refractivity contribution is 7.20. The second kappa shape index (κ2) is 5.37. The van der Waals surface area contributed by atoms with Crippen LogP contribution in [0.4, 0.5) is 5.69 Å². The van der Waals surface area contributed by atoms with E-state index >= 15 is 0 Å². The Bertz CT molecular complexity index is 684. The van der Waals surface area contributed by atoms with Crippen LogP contribution in [-0.2, 0) is 11.2 Å². The first-order valence-electron chi connectivity index (χ1n) is 6.17. The van der Waals surface area contributed by atoms with Gasteiger partial charge in [-0.05, 0) is 29.7 Å². The Morgan fingerprint density at radius 1 is 1.25 bits per heavy atom. The Morgan fingerprint density at radius 2 is 2.05 bits per heavy atom. The number of anilines is 1. The third-order valence-corrected chi connectivity index (χ3v) is 4.92. The van der Waals surface area contributed by atoms with E-state index in [0.717, 1.165) is 28.8 Å². The number of benzene rings is 1. The fraction of sp³-hybridized carbons (Fsp3) is 0.214. The van der Waals surface area contributed by atoms with Crippen LogP contribution in [0.5, 0.6) is 0 Å². The quantitative estimate of drug-likeness (QED) is 0.876. The van der Waals surface area contributed by atoms with Crippen molar-refractivity contribution < 1.29 is 4.79 Å². The summed E-state index contributed by atoms with van der Waals surface area (Å²) in [6.45, 7) is 0. The van der Waals surface area contributed by atoms with E-state index in [9.17, 15) is 4.79 Å². The minimum atomic E-state index is -0.311. The van der Waals surface area contributed by atoms with Crippen LogP contribution in [0, 0.1) is 0 Å². The van der Waals surface area contributed by atoms with Gasteiger partial charge in [-0.3, -0.25) is 4.79 Å². The van der Waals surface area contributed by atoms with E-state index in [4.69, 9.17) is 28.9 Å². The summed E-state index contributed by atoms with van der Waals surface area (Å²) in [5.74, 6) is 0.0576. The van der Waals surface area contributed by atoms with Gasteiger partial charge in [0.15, 0.2) is 0 Å². The molecule has 0 radical (unpaired) electrons. The van der Waals surface area contributed by atoms with Gasteiger partial charge in [-0.2, -0.15) is 0 Å². The normalized spacial score (nSPS) is 15.7. The topological polar surface area (TPSA) is 55.1 Å². The molecule has 0 bridgehead atoms. The van der Waals surface area contributed by atoms with Crippen LogP contribution < -0.4 is 11.1 Å². The monoisotopic (exact) mass is 326 g/mol. The molecule has 3 N–H and O–H groups in total. The summed E-state index contributed by atoms with van der Waals surface area (Å²) >= 11 is 13.4. The predicted octanol–water partition coefficient (Wildman–Crippen LogP) is 3.99. The van der Waals surface area contributed by atoms with Crippen LogP contribution >= 0.6 is 34.5 Å². The number of carbonyl (C=O) groups is 1. The van der Waals surface area contributed by atoms with Crippen LogP contribution in [-0.4, -0.2) is 5.91 Å². The first-order chi connectivity index (χ1) is 9.54. The van der Waals surface area contributed by atoms with Gasteiger partial charge in [-0.1, -0.05) is 35.3 Å². The van der Waals surface area contributed by atoms with Crippen molar-refractivity contribution >= 4 is 46.1 Å². The number of rotatable bonds is 2. The number of amides is 1. The average Bonchev–Trinajstić information content (AvgIpc) is 2.76. The lowest BCUT2D eigenvalue weighted by Crippen LogP contribution is -2.20. The Hall–Kier alpha value is -1.07. The fourth-order valence-electron chi connectivity index (χ4n) is 2.34. The highest BCUT2D eigenvalue weighted by Gasteiger charge is 2.19. The van der Waals surface area contributed by atoms with Crippen molar-refractivity contribution in [3.63, 3.8) is 0 Å². The number of nitrogens with two attached hydrogens (primary N) is 1. The molecule has 1 aliphatic heterocycles. The van der Waals surface area contributed by atoms with Crippen LogP contribution in [0.2, 0.25) is 8.67 Å². The van der Waals surface area contributed by atoms with E-state index in [0.29, 0.717) is 15.1 Å². The van der Waals surface area contributed by atoms with E-state index < -0.39 is 0 Å². The summed E-state index contributed by atoms with van der Waals surface area (Å²) in [5, 5.41) is 2.86. The van der Waals surface area contributed by atoms with Gasteiger partial charge in [-0.15, -0.1) is 11.3 Å². The molecule has 0 fully saturated rings. The highest BCUT2D eigenvalue weighted by atomic mass is 35.5. The van der Waals surface area contributed by atoms with Crippen molar-refractivity contribution in [2.24, 2.45) is 5.73 Å². The molecule has 20 heavy (non-hydrogen) atoms. The third kappa shape index (κ3) is 2.56. The molecular formula is C14H12Cl2N2OS. The molecule has 1 aromatic carbocycles. The molecule has 0 aliphatic carbocycles. The molecular weight excluding hydrogens is 315 g/mol. The summed E-state index contributed by atoms with van der Waals surface area (Å²) < 4.78 is 1.25. The first kappa shape index (κ1) is 13.9. The molecule has 104 valence electrons. The molecule has 3 nitrogen and oxygen atoms in total. The number of halogens is 2. The Balaban J connectivity index is 1.95. The minimum absolute atomic E-state index is 0.0576. The number of carbonyl (C=O) groups excluding carboxylic acids is 1. The summed E-state index contributed by atoms with van der Waals surface area (Å²) in [4.78, 5) is 11.3. The number of hydrogen-bond acceptors (Lipinski definition) is 3. The van der Waals surface area contributed by atoms with Gasteiger partial charge in [0.05, 0.1) is 14.7 Å². The second-order valence-electron chi connectivity index (χ2n) is 4.72. The van der Waals surface area contributed by atoms with Crippen LogP contribution in [0.25, 0.3) is 0 Å². The molecule has 1 aromatic heterocycles. The standard InChI is InChI=1S/C14H12Cl2N2OS/c15-11-6-9(14(16)20-11)13(17)8-1-3-10-7(5-8)2-4-12(19)18-10/h1,3,5-6,13H,2,4,17H2,(H,18,19). The maximum atomic E-state index is 11.3. The average molecular weight is 327 g/mol. The summed E-state index contributed by atoms with van der Waals surface area (Å²) in [6.07, 6.45) is 1.25. The molecule has 1 amide bonds. The van der Waals surface area contributed by atoms with E-state index in [2.05, 4.69) is 5.32 Å². The summed E-state index contributed by atoms with van der Waals surface area (Å²) in [5.41, 5.74) is 10.0. The SMILES string of the molecule is NC(c1ccc2c(c1)CCC(=O)N2)c1cc(Cl)sc1Cl. The first-order valence-corrected chi connectivity index (χ1v) is 7.75. The van der Waals surface area contributed by atoms with Crippen LogP contribution in [0.1, 0.15) is 29.2 Å². The van der Waals surface area contributed by atoms with Crippen LogP contribution in [0.15, 0.2) is 24.3 Å². The number of hydrogen-bond donors (Lipinski definition) is 2. The van der Waals surface area contributed by atoms with E-state index in [-0.39, 0.29) is 11.9 Å². The minimum Gasteiger partial charge on any atom is -0.326 e. The smallest absolute Gasteiger partial charge is 0.224 e. The van der Waals surface area contributed by atoms with Gasteiger partial charge in [-0.25, -0.2) is 0 Å². The van der Waals surface area contributed by atoms with Gasteiger partial charge in [0, 0.05) is 17.7 Å². The molecule has 3 rings (SSSR count). The number of aryl methyl sites for hydroxylation is 1. The molecule has 0 saturated heterocycles. The van der Waals surface area contributed by atoms with Crippen LogP contribution in [0.3, 0.4) is 0 Å². The highest BCUT2D eigenvalue weighted by Crippen LogP contribution is 2.37. The zero-order valence-electron chi connectivity index (χ0n) is 10.5. The van der Waals surface area contributed by atoms with Gasteiger partial charge in [0.1, 0.15) is 0 Å². The lowest BCUT2D eigenvalue weighted by molar-refractivity contribution is -0.116. The molecule has 0 saturated carbocycles. The Labute approximate surface area is 130 Å². The molecule has 1 atom stereocenters. The lowest BCUT2D eigenvalue weighted by Gasteiger charge is -2.19. The van der Waals surface area contributed by atoms with E-state index in [1.165, 1.54) is 11.3 Å². The van der Waals surface area contributed by atoms with Crippen molar-refractivity contribution in [3.8, 4) is 0 Å². The zero-order valence-corrected chi connectivity index (χ0v) is 12.8. The Kier molecular flexibility index (Phi) is 3.73. The fourth-order valence-corrected chi connectivity index (χ4v) is 3.89. The second-order valence-corrected chi connectivity index (χ2v) is 7.01. The lowest BCUT2D eigenvalue weighted by atomic mass is 9.95. The van der Waals surface area contributed by atoms with Crippen molar-refractivity contribution in [3.05, 3.63) is 49.6 Å². The van der Waals surface area contributed by atoms with Crippen molar-refractivity contribution in [2.75, 3.05) is 5.32 Å². The predicted molar refractivity (Wildman–Crippen MR) is 83.8 cm³/mol. The molecule has 2 heterocycles. The molecule has 0 spiro atoms. The maximum absolute atomic E-state index is 11.3.